The van der Waals surface area contributed by atoms with E-state index in [4.69, 9.17) is 15.2 Å². The Morgan fingerprint density at radius 2 is 1.67 bits per heavy atom. The zero-order valence-electron chi connectivity index (χ0n) is 14.2. The minimum absolute atomic E-state index is 0.207. The molecule has 0 aliphatic carbocycles. The molecule has 9 nitrogen and oxygen atoms in total. The third-order valence-corrected chi connectivity index (χ3v) is 3.46. The second kappa shape index (κ2) is 7.85. The summed E-state index contributed by atoms with van der Waals surface area (Å²) in [6.45, 7) is 1.27. The first-order valence-corrected chi connectivity index (χ1v) is 7.70. The Morgan fingerprint density at radius 3 is 2.26 bits per heavy atom. The number of nitrogens with two attached hydrogens (primary N) is 1. The van der Waals surface area contributed by atoms with Gasteiger partial charge in [0.1, 0.15) is 6.04 Å². The Morgan fingerprint density at radius 1 is 1.04 bits per heavy atom. The molecule has 9 heteroatoms. The molecule has 27 heavy (non-hydrogen) atoms. The van der Waals surface area contributed by atoms with E-state index in [9.17, 15) is 29.7 Å². The van der Waals surface area contributed by atoms with Gasteiger partial charge in [0.15, 0.2) is 11.5 Å². The zero-order valence-corrected chi connectivity index (χ0v) is 14.2. The summed E-state index contributed by atoms with van der Waals surface area (Å²) in [5.74, 6) is -9.30. The number of para-hydroxylation sites is 1. The molecule has 2 atom stereocenters. The molecule has 0 radical (unpaired) electrons. The third-order valence-electron chi connectivity index (χ3n) is 3.46. The van der Waals surface area contributed by atoms with Gasteiger partial charge < -0.3 is 30.5 Å². The van der Waals surface area contributed by atoms with Gasteiger partial charge in [-0.15, -0.1) is 0 Å². The summed E-state index contributed by atoms with van der Waals surface area (Å²) in [4.78, 5) is 36.6. The van der Waals surface area contributed by atoms with Gasteiger partial charge in [-0.05, 0) is 19.1 Å². The summed E-state index contributed by atoms with van der Waals surface area (Å²) in [6, 6.07) is 9.27. The highest BCUT2D eigenvalue weighted by atomic mass is 16.7. The van der Waals surface area contributed by atoms with Gasteiger partial charge in [0.05, 0.1) is 0 Å². The number of hydrogen-bond acceptors (Lipinski definition) is 9. The number of carbonyl (C=O) groups excluding carboxylic acids is 3. The molecule has 0 spiro atoms. The van der Waals surface area contributed by atoms with Crippen molar-refractivity contribution in [1.82, 2.24) is 0 Å². The number of hydrogen-bond donors (Lipinski definition) is 4. The lowest BCUT2D eigenvalue weighted by molar-refractivity contribution is -0.216. The van der Waals surface area contributed by atoms with E-state index in [0.29, 0.717) is 0 Å². The van der Waals surface area contributed by atoms with Gasteiger partial charge in [-0.3, -0.25) is 9.59 Å². The van der Waals surface area contributed by atoms with Crippen LogP contribution in [0.25, 0.3) is 0 Å². The van der Waals surface area contributed by atoms with Crippen molar-refractivity contribution in [3.05, 3.63) is 54.1 Å². The first-order valence-electron chi connectivity index (χ1n) is 7.70. The summed E-state index contributed by atoms with van der Waals surface area (Å²) in [5, 5.41) is 29.8. The Labute approximate surface area is 153 Å². The number of carbonyl (C=O) groups is 3. The van der Waals surface area contributed by atoms with E-state index >= 15 is 0 Å². The van der Waals surface area contributed by atoms with Crippen LogP contribution >= 0.6 is 0 Å². The molecule has 2 rings (SSSR count). The minimum Gasteiger partial charge on any atom is -0.504 e. The predicted molar refractivity (Wildman–Crippen MR) is 90.5 cm³/mol. The second-order valence-corrected chi connectivity index (χ2v) is 5.56. The molecule has 0 amide bonds. The highest BCUT2D eigenvalue weighted by Gasteiger charge is 2.48. The van der Waals surface area contributed by atoms with E-state index in [1.54, 1.807) is 6.07 Å². The van der Waals surface area contributed by atoms with Crippen LogP contribution in [0.3, 0.4) is 0 Å². The summed E-state index contributed by atoms with van der Waals surface area (Å²) in [6.07, 6.45) is 0. The fourth-order valence-corrected chi connectivity index (χ4v) is 2.02. The number of benzene rings is 2. The van der Waals surface area contributed by atoms with Gasteiger partial charge in [-0.1, -0.05) is 36.4 Å². The van der Waals surface area contributed by atoms with Gasteiger partial charge in [0, 0.05) is 5.56 Å². The largest absolute Gasteiger partial charge is 0.504 e. The first kappa shape index (κ1) is 19.9. The van der Waals surface area contributed by atoms with Crippen LogP contribution in [-0.4, -0.2) is 39.1 Å². The molecule has 0 aliphatic heterocycles. The molecule has 2 aromatic rings. The molecule has 0 saturated carbocycles. The van der Waals surface area contributed by atoms with Crippen LogP contribution in [-0.2, 0) is 24.9 Å². The molecule has 1 unspecified atom stereocenters. The van der Waals surface area contributed by atoms with E-state index < -0.39 is 46.8 Å². The smallest absolute Gasteiger partial charge is 0.387 e. The van der Waals surface area contributed by atoms with E-state index in [1.165, 1.54) is 37.3 Å². The van der Waals surface area contributed by atoms with Crippen molar-refractivity contribution in [1.29, 1.82) is 0 Å². The summed E-state index contributed by atoms with van der Waals surface area (Å²) in [7, 11) is 0. The van der Waals surface area contributed by atoms with Crippen LogP contribution in [0.5, 0.6) is 17.2 Å². The van der Waals surface area contributed by atoms with Crippen LogP contribution in [0.15, 0.2) is 48.5 Å². The topological polar surface area (TPSA) is 156 Å². The average molecular weight is 375 g/mol. The van der Waals surface area contributed by atoms with E-state index in [2.05, 4.69) is 0 Å². The number of ketones is 1. The normalized spacial score (nSPS) is 13.9. The maximum atomic E-state index is 12.5. The number of Topliss-reactive ketones (excluding diaryl/α,β-unsaturated/α-hetero) is 1. The number of phenolic OH excluding ortho intramolecular Hbond substituents is 2. The molecule has 0 aromatic heterocycles. The van der Waals surface area contributed by atoms with Crippen molar-refractivity contribution in [2.24, 2.45) is 5.73 Å². The summed E-state index contributed by atoms with van der Waals surface area (Å²) < 4.78 is 9.51. The minimum atomic E-state index is -2.99. The summed E-state index contributed by atoms with van der Waals surface area (Å²) >= 11 is 0. The molecule has 0 heterocycles. The molecular formula is C18H17NO8. The highest BCUT2D eigenvalue weighted by Crippen LogP contribution is 2.35. The molecule has 0 bridgehead atoms. The number of esters is 2. The molecule has 0 saturated heterocycles. The summed E-state index contributed by atoms with van der Waals surface area (Å²) in [5.41, 5.74) is 5.18. The Hall–Kier alpha value is -3.43. The fraction of sp³-hybridized carbons (Fsp3) is 0.167. The highest BCUT2D eigenvalue weighted by molar-refractivity contribution is 6.37. The number of phenols is 2. The number of ether oxygens (including phenoxy) is 2. The van der Waals surface area contributed by atoms with Crippen LogP contribution in [0.2, 0.25) is 0 Å². The predicted octanol–water partition coefficient (Wildman–Crippen LogP) is 0.308. The van der Waals surface area contributed by atoms with Crippen LogP contribution < -0.4 is 10.5 Å². The van der Waals surface area contributed by atoms with E-state index in [-0.39, 0.29) is 5.56 Å². The lowest BCUT2D eigenvalue weighted by Gasteiger charge is -2.26. The Balaban J connectivity index is 2.37. The zero-order chi connectivity index (χ0) is 20.2. The molecule has 5 N–H and O–H groups in total. The molecule has 2 aromatic carbocycles. The van der Waals surface area contributed by atoms with Crippen LogP contribution in [0.4, 0.5) is 0 Å². The van der Waals surface area contributed by atoms with Crippen molar-refractivity contribution in [3.63, 3.8) is 0 Å². The van der Waals surface area contributed by atoms with Gasteiger partial charge in [0.2, 0.25) is 5.75 Å². The van der Waals surface area contributed by atoms with E-state index in [1.807, 2.05) is 0 Å². The molecular weight excluding hydrogens is 358 g/mol. The van der Waals surface area contributed by atoms with E-state index in [0.717, 1.165) is 12.1 Å². The van der Waals surface area contributed by atoms with Crippen molar-refractivity contribution >= 4 is 17.7 Å². The van der Waals surface area contributed by atoms with Crippen molar-refractivity contribution in [3.8, 4) is 17.2 Å². The maximum absolute atomic E-state index is 12.5. The Bertz CT molecular complexity index is 865. The van der Waals surface area contributed by atoms with Crippen molar-refractivity contribution in [2.45, 2.75) is 18.8 Å². The lowest BCUT2D eigenvalue weighted by Crippen LogP contribution is -2.48. The van der Waals surface area contributed by atoms with Gasteiger partial charge in [-0.25, -0.2) is 4.79 Å². The Kier molecular flexibility index (Phi) is 5.78. The first-order chi connectivity index (χ1) is 12.7. The second-order valence-electron chi connectivity index (χ2n) is 5.56. The maximum Gasteiger partial charge on any atom is 0.387 e. The van der Waals surface area contributed by atoms with Gasteiger partial charge >= 0.3 is 23.5 Å². The standard InChI is InChI=1S/C18H17NO8/c1-10(19)16(23)27-18(25,11-6-3-2-4-7-11)15(22)17(24)26-13-9-5-8-12(20)14(13)21/h2-10,20-21,25H,19H2,1H3/t10-,18?/m0/s1. The van der Waals surface area contributed by atoms with Crippen LogP contribution in [0.1, 0.15) is 12.5 Å². The van der Waals surface area contributed by atoms with Crippen molar-refractivity contribution < 1.29 is 39.2 Å². The number of aromatic hydroxyl groups is 2. The molecule has 142 valence electrons. The fourth-order valence-electron chi connectivity index (χ4n) is 2.02. The van der Waals surface area contributed by atoms with Crippen LogP contribution in [0, 0.1) is 0 Å². The monoisotopic (exact) mass is 375 g/mol. The van der Waals surface area contributed by atoms with Gasteiger partial charge in [0.25, 0.3) is 0 Å². The number of rotatable bonds is 6. The molecule has 0 aliphatic rings. The lowest BCUT2D eigenvalue weighted by atomic mass is 10.0. The average Bonchev–Trinajstić information content (AvgIpc) is 2.65. The van der Waals surface area contributed by atoms with Crippen molar-refractivity contribution in [2.75, 3.05) is 0 Å². The van der Waals surface area contributed by atoms with Gasteiger partial charge in [-0.2, -0.15) is 0 Å². The quantitative estimate of drug-likeness (QED) is 0.183. The third kappa shape index (κ3) is 4.22. The molecule has 0 fully saturated rings. The SMILES string of the molecule is C[C@H](N)C(=O)OC(O)(C(=O)C(=O)Oc1cccc(O)c1O)c1ccccc1. The number of aliphatic hydroxyl groups is 1.